The van der Waals surface area contributed by atoms with E-state index in [0.717, 1.165) is 18.5 Å². The lowest BCUT2D eigenvalue weighted by molar-refractivity contribution is -0.0774. The fraction of sp³-hybridized carbons (Fsp3) is 0.529. The summed E-state index contributed by atoms with van der Waals surface area (Å²) in [5, 5.41) is 16.0. The Labute approximate surface area is 135 Å². The quantitative estimate of drug-likeness (QED) is 0.906. The molecule has 0 aliphatic carbocycles. The Hall–Kier alpha value is -1.76. The first-order chi connectivity index (χ1) is 11.0. The topological polar surface area (TPSA) is 67.6 Å². The van der Waals surface area contributed by atoms with Crippen molar-refractivity contribution < 1.29 is 9.84 Å². The van der Waals surface area contributed by atoms with Crippen LogP contribution in [0.25, 0.3) is 10.8 Å². The highest BCUT2D eigenvalue weighted by Gasteiger charge is 2.24. The summed E-state index contributed by atoms with van der Waals surface area (Å²) in [6.07, 6.45) is 1.35. The van der Waals surface area contributed by atoms with Crippen molar-refractivity contribution in [3.05, 3.63) is 40.8 Å². The molecule has 23 heavy (non-hydrogen) atoms. The molecule has 0 spiro atoms. The maximum atomic E-state index is 12.4. The van der Waals surface area contributed by atoms with Crippen LogP contribution in [0.2, 0.25) is 0 Å². The van der Waals surface area contributed by atoms with Gasteiger partial charge in [-0.15, -0.1) is 0 Å². The zero-order chi connectivity index (χ0) is 16.4. The van der Waals surface area contributed by atoms with Crippen LogP contribution in [-0.4, -0.2) is 57.7 Å². The molecule has 2 heterocycles. The summed E-state index contributed by atoms with van der Waals surface area (Å²) in [4.78, 5) is 14.6. The van der Waals surface area contributed by atoms with Crippen molar-refractivity contribution in [2.24, 2.45) is 0 Å². The van der Waals surface area contributed by atoms with Gasteiger partial charge in [0.05, 0.1) is 36.4 Å². The SMILES string of the molecule is C[C@@H]1CN(C[C@@H](O)Cn2ncc3ccccc3c2=O)C[C@@H](C)O1. The molecule has 1 aromatic carbocycles. The average molecular weight is 317 g/mol. The number of benzene rings is 1. The van der Waals surface area contributed by atoms with Gasteiger partial charge in [-0.25, -0.2) is 4.68 Å². The van der Waals surface area contributed by atoms with Crippen molar-refractivity contribution in [3.63, 3.8) is 0 Å². The standard InChI is InChI=1S/C17H23N3O3/c1-12-8-19(9-13(2)23-12)10-15(21)11-20-17(22)16-6-4-3-5-14(16)7-18-20/h3-7,12-13,15,21H,8-11H2,1-2H3/t12-,13-,15-/m1/s1. The summed E-state index contributed by atoms with van der Waals surface area (Å²) in [5.74, 6) is 0. The predicted octanol–water partition coefficient (Wildman–Crippen LogP) is 0.867. The highest BCUT2D eigenvalue weighted by atomic mass is 16.5. The molecular formula is C17H23N3O3. The van der Waals surface area contributed by atoms with Crippen molar-refractivity contribution in [3.8, 4) is 0 Å². The third kappa shape index (κ3) is 3.77. The number of aromatic nitrogens is 2. The molecule has 1 aliphatic rings. The maximum Gasteiger partial charge on any atom is 0.274 e. The first-order valence-corrected chi connectivity index (χ1v) is 8.03. The van der Waals surface area contributed by atoms with Crippen LogP contribution < -0.4 is 5.56 Å². The summed E-state index contributed by atoms with van der Waals surface area (Å²) < 4.78 is 7.04. The van der Waals surface area contributed by atoms with E-state index in [1.165, 1.54) is 4.68 Å². The third-order valence-electron chi connectivity index (χ3n) is 4.11. The van der Waals surface area contributed by atoms with Crippen LogP contribution in [0.4, 0.5) is 0 Å². The number of nitrogens with zero attached hydrogens (tertiary/aromatic N) is 3. The van der Waals surface area contributed by atoms with E-state index in [4.69, 9.17) is 4.74 Å². The average Bonchev–Trinajstić information content (AvgIpc) is 2.49. The number of hydrogen-bond acceptors (Lipinski definition) is 5. The molecule has 1 aromatic heterocycles. The van der Waals surface area contributed by atoms with E-state index >= 15 is 0 Å². The molecule has 0 amide bonds. The number of hydrogen-bond donors (Lipinski definition) is 1. The van der Waals surface area contributed by atoms with E-state index in [-0.39, 0.29) is 24.3 Å². The Kier molecular flexibility index (Phi) is 4.75. The molecule has 1 aliphatic heterocycles. The van der Waals surface area contributed by atoms with E-state index in [1.54, 1.807) is 12.3 Å². The molecule has 3 atom stereocenters. The van der Waals surface area contributed by atoms with Gasteiger partial charge in [-0.05, 0) is 19.9 Å². The third-order valence-corrected chi connectivity index (χ3v) is 4.11. The van der Waals surface area contributed by atoms with Gasteiger partial charge in [0.15, 0.2) is 0 Å². The second-order valence-corrected chi connectivity index (χ2v) is 6.35. The summed E-state index contributed by atoms with van der Waals surface area (Å²) >= 11 is 0. The van der Waals surface area contributed by atoms with Gasteiger partial charge in [0.1, 0.15) is 0 Å². The van der Waals surface area contributed by atoms with Gasteiger partial charge in [-0.3, -0.25) is 9.69 Å². The minimum atomic E-state index is -0.640. The van der Waals surface area contributed by atoms with E-state index in [0.29, 0.717) is 11.9 Å². The predicted molar refractivity (Wildman–Crippen MR) is 88.5 cm³/mol. The van der Waals surface area contributed by atoms with Gasteiger partial charge in [-0.1, -0.05) is 18.2 Å². The number of β-amino-alcohol motifs (C(OH)–C–C–N with tert-alkyl or cyclic N) is 1. The second kappa shape index (κ2) is 6.78. The zero-order valence-electron chi connectivity index (χ0n) is 13.6. The Morgan fingerprint density at radius 1 is 1.26 bits per heavy atom. The molecule has 1 N–H and O–H groups in total. The zero-order valence-corrected chi connectivity index (χ0v) is 13.6. The summed E-state index contributed by atoms with van der Waals surface area (Å²) in [7, 11) is 0. The van der Waals surface area contributed by atoms with Crippen LogP contribution in [0, 0.1) is 0 Å². The highest BCUT2D eigenvalue weighted by Crippen LogP contribution is 2.11. The van der Waals surface area contributed by atoms with Crippen molar-refractivity contribution in [1.82, 2.24) is 14.7 Å². The van der Waals surface area contributed by atoms with E-state index in [2.05, 4.69) is 10.00 Å². The second-order valence-electron chi connectivity index (χ2n) is 6.35. The maximum absolute atomic E-state index is 12.4. The normalized spacial score (nSPS) is 24.0. The Morgan fingerprint density at radius 2 is 1.96 bits per heavy atom. The number of ether oxygens (including phenoxy) is 1. The molecule has 0 radical (unpaired) electrons. The molecule has 6 nitrogen and oxygen atoms in total. The number of aliphatic hydroxyl groups excluding tert-OH is 1. The highest BCUT2D eigenvalue weighted by molar-refractivity contribution is 5.80. The van der Waals surface area contributed by atoms with Gasteiger partial charge < -0.3 is 9.84 Å². The molecule has 1 fully saturated rings. The van der Waals surface area contributed by atoms with Crippen LogP contribution >= 0.6 is 0 Å². The van der Waals surface area contributed by atoms with E-state index in [1.807, 2.05) is 32.0 Å². The molecular weight excluding hydrogens is 294 g/mol. The smallest absolute Gasteiger partial charge is 0.274 e. The minimum Gasteiger partial charge on any atom is -0.390 e. The van der Waals surface area contributed by atoms with Gasteiger partial charge >= 0.3 is 0 Å². The van der Waals surface area contributed by atoms with Crippen LogP contribution in [0.15, 0.2) is 35.3 Å². The Balaban J connectivity index is 1.69. The molecule has 0 bridgehead atoms. The van der Waals surface area contributed by atoms with E-state index < -0.39 is 6.10 Å². The van der Waals surface area contributed by atoms with Crippen LogP contribution in [0.3, 0.4) is 0 Å². The lowest BCUT2D eigenvalue weighted by Gasteiger charge is -2.36. The molecule has 0 unspecified atom stereocenters. The van der Waals surface area contributed by atoms with Crippen molar-refractivity contribution in [2.45, 2.75) is 38.7 Å². The van der Waals surface area contributed by atoms with Crippen molar-refractivity contribution >= 4 is 10.8 Å². The molecule has 124 valence electrons. The first kappa shape index (κ1) is 16.1. The monoisotopic (exact) mass is 317 g/mol. The molecule has 6 heteroatoms. The van der Waals surface area contributed by atoms with Crippen molar-refractivity contribution in [1.29, 1.82) is 0 Å². The summed E-state index contributed by atoms with van der Waals surface area (Å²) in [5.41, 5.74) is -0.161. The fourth-order valence-corrected chi connectivity index (χ4v) is 3.25. The summed E-state index contributed by atoms with van der Waals surface area (Å²) in [6, 6.07) is 7.36. The van der Waals surface area contributed by atoms with Crippen LogP contribution in [0.5, 0.6) is 0 Å². The molecule has 3 rings (SSSR count). The lowest BCUT2D eigenvalue weighted by Crippen LogP contribution is -2.48. The van der Waals surface area contributed by atoms with Gasteiger partial charge in [0.2, 0.25) is 0 Å². The molecule has 2 aromatic rings. The van der Waals surface area contributed by atoms with Crippen LogP contribution in [0.1, 0.15) is 13.8 Å². The minimum absolute atomic E-state index is 0.160. The number of morpholine rings is 1. The van der Waals surface area contributed by atoms with Crippen LogP contribution in [-0.2, 0) is 11.3 Å². The Bertz CT molecular complexity index is 720. The van der Waals surface area contributed by atoms with E-state index in [9.17, 15) is 9.90 Å². The molecule has 0 saturated carbocycles. The van der Waals surface area contributed by atoms with Gasteiger partial charge in [0.25, 0.3) is 5.56 Å². The fourth-order valence-electron chi connectivity index (χ4n) is 3.25. The largest absolute Gasteiger partial charge is 0.390 e. The number of rotatable bonds is 4. The molecule has 1 saturated heterocycles. The summed E-state index contributed by atoms with van der Waals surface area (Å²) in [6.45, 7) is 6.36. The van der Waals surface area contributed by atoms with Gasteiger partial charge in [-0.2, -0.15) is 5.10 Å². The van der Waals surface area contributed by atoms with Crippen molar-refractivity contribution in [2.75, 3.05) is 19.6 Å². The number of aliphatic hydroxyl groups is 1. The Morgan fingerprint density at radius 3 is 2.70 bits per heavy atom. The lowest BCUT2D eigenvalue weighted by atomic mass is 10.2. The van der Waals surface area contributed by atoms with Gasteiger partial charge in [0, 0.05) is 25.0 Å². The number of fused-ring (bicyclic) bond motifs is 1. The first-order valence-electron chi connectivity index (χ1n) is 8.03.